The van der Waals surface area contributed by atoms with Crippen molar-refractivity contribution in [3.8, 4) is 0 Å². The van der Waals surface area contributed by atoms with E-state index in [-0.39, 0.29) is 0 Å². The van der Waals surface area contributed by atoms with Crippen LogP contribution in [0.5, 0.6) is 0 Å². The Hall–Kier alpha value is -1.25. The molecule has 0 radical (unpaired) electrons. The van der Waals surface area contributed by atoms with Crippen molar-refractivity contribution >= 4 is 12.2 Å². The molecule has 42 valence electrons. The van der Waals surface area contributed by atoms with Crippen LogP contribution in [0.1, 0.15) is 0 Å². The standard InChI is InChI=1S/C5H6N2O/c8-4-7-5-2-1-3-6-5/h1-4,6H,(H,7,8). The quantitative estimate of drug-likeness (QED) is 0.537. The number of amides is 1. The fourth-order valence-electron chi connectivity index (χ4n) is 0.484. The molecule has 0 unspecified atom stereocenters. The Morgan fingerprint density at radius 2 is 2.62 bits per heavy atom. The van der Waals surface area contributed by atoms with Crippen LogP contribution in [-0.4, -0.2) is 11.4 Å². The van der Waals surface area contributed by atoms with Crippen molar-refractivity contribution in [3.05, 3.63) is 18.3 Å². The first-order valence-electron chi connectivity index (χ1n) is 2.27. The van der Waals surface area contributed by atoms with Gasteiger partial charge in [-0.15, -0.1) is 0 Å². The lowest BCUT2D eigenvalue weighted by Crippen LogP contribution is -1.91. The van der Waals surface area contributed by atoms with E-state index in [4.69, 9.17) is 0 Å². The zero-order chi connectivity index (χ0) is 5.82. The van der Waals surface area contributed by atoms with Crippen molar-refractivity contribution in [1.29, 1.82) is 0 Å². The van der Waals surface area contributed by atoms with E-state index in [0.717, 1.165) is 5.82 Å². The highest BCUT2D eigenvalue weighted by Gasteiger charge is 1.82. The summed E-state index contributed by atoms with van der Waals surface area (Å²) < 4.78 is 0. The van der Waals surface area contributed by atoms with E-state index in [1.807, 2.05) is 6.07 Å². The molecule has 1 amide bonds. The molecule has 0 aromatic carbocycles. The van der Waals surface area contributed by atoms with Gasteiger partial charge < -0.3 is 10.3 Å². The highest BCUT2D eigenvalue weighted by molar-refractivity contribution is 5.68. The average Bonchev–Trinajstić information content (AvgIpc) is 2.19. The summed E-state index contributed by atoms with van der Waals surface area (Å²) in [7, 11) is 0. The van der Waals surface area contributed by atoms with Crippen LogP contribution < -0.4 is 5.32 Å². The molecule has 1 heterocycles. The molecule has 0 saturated carbocycles. The maximum absolute atomic E-state index is 9.74. The van der Waals surface area contributed by atoms with E-state index in [0.29, 0.717) is 6.41 Å². The second-order valence-corrected chi connectivity index (χ2v) is 1.35. The minimum Gasteiger partial charge on any atom is -0.348 e. The first kappa shape index (κ1) is 4.90. The molecule has 3 nitrogen and oxygen atoms in total. The monoisotopic (exact) mass is 110 g/mol. The maximum Gasteiger partial charge on any atom is 0.212 e. The number of carbonyl (C=O) groups is 1. The molecule has 0 aliphatic carbocycles. The molecule has 0 saturated heterocycles. The predicted molar refractivity (Wildman–Crippen MR) is 30.5 cm³/mol. The molecule has 0 aliphatic rings. The summed E-state index contributed by atoms with van der Waals surface area (Å²) in [6.45, 7) is 0. The van der Waals surface area contributed by atoms with Crippen LogP contribution in [0.3, 0.4) is 0 Å². The summed E-state index contributed by atoms with van der Waals surface area (Å²) in [4.78, 5) is 12.5. The fraction of sp³-hybridized carbons (Fsp3) is 0. The molecule has 0 spiro atoms. The number of hydrogen-bond donors (Lipinski definition) is 2. The number of carbonyl (C=O) groups excluding carboxylic acids is 1. The normalized spacial score (nSPS) is 8.50. The molecule has 0 atom stereocenters. The van der Waals surface area contributed by atoms with Crippen LogP contribution in [-0.2, 0) is 4.79 Å². The zero-order valence-corrected chi connectivity index (χ0v) is 4.22. The predicted octanol–water partition coefficient (Wildman–Crippen LogP) is 0.583. The first-order chi connectivity index (χ1) is 3.93. The molecule has 2 N–H and O–H groups in total. The number of hydrogen-bond acceptors (Lipinski definition) is 1. The van der Waals surface area contributed by atoms with E-state index in [2.05, 4.69) is 10.3 Å². The van der Waals surface area contributed by atoms with E-state index < -0.39 is 0 Å². The van der Waals surface area contributed by atoms with E-state index >= 15 is 0 Å². The molecule has 0 fully saturated rings. The number of H-pyrrole nitrogens is 1. The number of aromatic nitrogens is 1. The van der Waals surface area contributed by atoms with Gasteiger partial charge in [0.2, 0.25) is 6.41 Å². The molecule has 1 rings (SSSR count). The Balaban J connectivity index is 2.62. The summed E-state index contributed by atoms with van der Waals surface area (Å²) in [6, 6.07) is 3.58. The van der Waals surface area contributed by atoms with Crippen molar-refractivity contribution in [2.24, 2.45) is 0 Å². The Morgan fingerprint density at radius 3 is 3.12 bits per heavy atom. The fourth-order valence-corrected chi connectivity index (χ4v) is 0.484. The van der Waals surface area contributed by atoms with Gasteiger partial charge in [0, 0.05) is 6.20 Å². The summed E-state index contributed by atoms with van der Waals surface area (Å²) in [5.41, 5.74) is 0. The van der Waals surface area contributed by atoms with Crippen LogP contribution in [0.25, 0.3) is 0 Å². The molecule has 0 aliphatic heterocycles. The Kier molecular flexibility index (Phi) is 1.32. The largest absolute Gasteiger partial charge is 0.348 e. The smallest absolute Gasteiger partial charge is 0.212 e. The molecular formula is C5H6N2O. The van der Waals surface area contributed by atoms with Gasteiger partial charge in [-0.25, -0.2) is 0 Å². The second kappa shape index (κ2) is 2.16. The third-order valence-corrected chi connectivity index (χ3v) is 0.812. The van der Waals surface area contributed by atoms with Crippen LogP contribution in [0.2, 0.25) is 0 Å². The summed E-state index contributed by atoms with van der Waals surface area (Å²) in [5, 5.41) is 2.45. The summed E-state index contributed by atoms with van der Waals surface area (Å²) >= 11 is 0. The van der Waals surface area contributed by atoms with Crippen LogP contribution in [0.15, 0.2) is 18.3 Å². The van der Waals surface area contributed by atoms with E-state index in [1.165, 1.54) is 0 Å². The number of aromatic amines is 1. The minimum absolute atomic E-state index is 0.631. The lowest BCUT2D eigenvalue weighted by Gasteiger charge is -1.86. The lowest BCUT2D eigenvalue weighted by molar-refractivity contribution is -0.105. The zero-order valence-electron chi connectivity index (χ0n) is 4.22. The Morgan fingerprint density at radius 1 is 1.75 bits per heavy atom. The van der Waals surface area contributed by atoms with Gasteiger partial charge in [0.15, 0.2) is 0 Å². The topological polar surface area (TPSA) is 44.9 Å². The summed E-state index contributed by atoms with van der Waals surface area (Å²) in [5.74, 6) is 0.722. The highest BCUT2D eigenvalue weighted by Crippen LogP contribution is 1.97. The van der Waals surface area contributed by atoms with Gasteiger partial charge in [-0.2, -0.15) is 0 Å². The third-order valence-electron chi connectivity index (χ3n) is 0.812. The van der Waals surface area contributed by atoms with Gasteiger partial charge in [-0.05, 0) is 12.1 Å². The van der Waals surface area contributed by atoms with Gasteiger partial charge in [0.25, 0.3) is 0 Å². The van der Waals surface area contributed by atoms with Gasteiger partial charge >= 0.3 is 0 Å². The molecule has 8 heavy (non-hydrogen) atoms. The minimum atomic E-state index is 0.631. The van der Waals surface area contributed by atoms with Crippen LogP contribution >= 0.6 is 0 Å². The Labute approximate surface area is 46.7 Å². The maximum atomic E-state index is 9.74. The molecule has 3 heteroatoms. The average molecular weight is 110 g/mol. The first-order valence-corrected chi connectivity index (χ1v) is 2.27. The van der Waals surface area contributed by atoms with Crippen molar-refractivity contribution in [2.45, 2.75) is 0 Å². The van der Waals surface area contributed by atoms with Crippen LogP contribution in [0, 0.1) is 0 Å². The van der Waals surface area contributed by atoms with E-state index in [9.17, 15) is 4.79 Å². The molecular weight excluding hydrogens is 104 g/mol. The second-order valence-electron chi connectivity index (χ2n) is 1.35. The van der Waals surface area contributed by atoms with Crippen molar-refractivity contribution in [2.75, 3.05) is 5.32 Å². The van der Waals surface area contributed by atoms with Gasteiger partial charge in [0.1, 0.15) is 5.82 Å². The molecule has 0 bridgehead atoms. The van der Waals surface area contributed by atoms with Gasteiger partial charge in [0.05, 0.1) is 0 Å². The molecule has 1 aromatic rings. The SMILES string of the molecule is O=CNc1ccc[nH]1. The number of rotatable bonds is 2. The summed E-state index contributed by atoms with van der Waals surface area (Å²) in [6.07, 6.45) is 2.37. The van der Waals surface area contributed by atoms with Gasteiger partial charge in [-0.1, -0.05) is 0 Å². The highest BCUT2D eigenvalue weighted by atomic mass is 16.1. The van der Waals surface area contributed by atoms with Crippen molar-refractivity contribution in [3.63, 3.8) is 0 Å². The van der Waals surface area contributed by atoms with Crippen LogP contribution in [0.4, 0.5) is 5.82 Å². The third kappa shape index (κ3) is 0.872. The van der Waals surface area contributed by atoms with Crippen molar-refractivity contribution in [1.82, 2.24) is 4.98 Å². The molecule has 1 aromatic heterocycles. The van der Waals surface area contributed by atoms with E-state index in [1.54, 1.807) is 12.3 Å². The number of nitrogens with one attached hydrogen (secondary N) is 2. The van der Waals surface area contributed by atoms with Crippen molar-refractivity contribution < 1.29 is 4.79 Å². The number of anilines is 1. The Bertz CT molecular complexity index is 157. The lowest BCUT2D eigenvalue weighted by atomic mass is 10.6. The van der Waals surface area contributed by atoms with Gasteiger partial charge in [-0.3, -0.25) is 4.79 Å².